The molecule has 0 amide bonds. The Morgan fingerprint density at radius 3 is 1.50 bits per heavy atom. The van der Waals surface area contributed by atoms with E-state index in [2.05, 4.69) is 20.8 Å². The first kappa shape index (κ1) is 25.5. The fraction of sp³-hybridized carbons (Fsp3) is 0.958. The van der Waals surface area contributed by atoms with Crippen LogP contribution in [0.4, 0.5) is 0 Å². The lowest BCUT2D eigenvalue weighted by Crippen LogP contribution is -2.05. The van der Waals surface area contributed by atoms with Gasteiger partial charge in [0.1, 0.15) is 0 Å². The fourth-order valence-electron chi connectivity index (χ4n) is 3.36. The average Bonchev–Trinajstić information content (AvgIpc) is 2.62. The average molecular weight is 369 g/mol. The maximum atomic E-state index is 11.4. The summed E-state index contributed by atoms with van der Waals surface area (Å²) in [5, 5.41) is 0. The molecule has 0 aromatic heterocycles. The lowest BCUT2D eigenvalue weighted by atomic mass is 10.0. The number of ether oxygens (including phenoxy) is 1. The van der Waals surface area contributed by atoms with Gasteiger partial charge in [0.15, 0.2) is 0 Å². The number of unbranched alkanes of at least 4 members (excludes halogenated alkanes) is 14. The molecule has 156 valence electrons. The third kappa shape index (κ3) is 21.5. The predicted molar refractivity (Wildman–Crippen MR) is 115 cm³/mol. The number of esters is 1. The van der Waals surface area contributed by atoms with Gasteiger partial charge in [0, 0.05) is 6.42 Å². The Morgan fingerprint density at radius 2 is 1.08 bits per heavy atom. The van der Waals surface area contributed by atoms with Crippen LogP contribution in [-0.4, -0.2) is 12.6 Å². The molecule has 0 atom stereocenters. The van der Waals surface area contributed by atoms with Crippen LogP contribution in [0.3, 0.4) is 0 Å². The van der Waals surface area contributed by atoms with Crippen LogP contribution in [-0.2, 0) is 9.53 Å². The summed E-state index contributed by atoms with van der Waals surface area (Å²) in [5.74, 6) is 0.866. The molecular weight excluding hydrogens is 320 g/mol. The van der Waals surface area contributed by atoms with E-state index in [9.17, 15) is 4.79 Å². The van der Waals surface area contributed by atoms with Crippen molar-refractivity contribution in [1.29, 1.82) is 0 Å². The quantitative estimate of drug-likeness (QED) is 0.160. The lowest BCUT2D eigenvalue weighted by Gasteiger charge is -2.05. The van der Waals surface area contributed by atoms with Crippen LogP contribution < -0.4 is 0 Å². The van der Waals surface area contributed by atoms with Gasteiger partial charge in [-0.25, -0.2) is 0 Å². The minimum atomic E-state index is -0.0117. The molecule has 0 aliphatic carbocycles. The first-order valence-electron chi connectivity index (χ1n) is 11.8. The summed E-state index contributed by atoms with van der Waals surface area (Å²) in [7, 11) is 0. The summed E-state index contributed by atoms with van der Waals surface area (Å²) in [6.45, 7) is 7.38. The molecule has 26 heavy (non-hydrogen) atoms. The number of hydrogen-bond acceptors (Lipinski definition) is 2. The highest BCUT2D eigenvalue weighted by atomic mass is 16.5. The topological polar surface area (TPSA) is 26.3 Å². The number of rotatable bonds is 20. The van der Waals surface area contributed by atoms with Gasteiger partial charge in [-0.2, -0.15) is 0 Å². The fourth-order valence-corrected chi connectivity index (χ4v) is 3.36. The summed E-state index contributed by atoms with van der Waals surface area (Å²) in [6, 6.07) is 0. The Hall–Kier alpha value is -0.530. The van der Waals surface area contributed by atoms with Crippen molar-refractivity contribution in [3.63, 3.8) is 0 Å². The second kappa shape index (κ2) is 20.8. The molecule has 0 saturated heterocycles. The molecule has 0 aliphatic rings. The molecule has 0 spiro atoms. The Balaban J connectivity index is 3.06. The second-order valence-electron chi connectivity index (χ2n) is 8.46. The van der Waals surface area contributed by atoms with Crippen LogP contribution in [0.5, 0.6) is 0 Å². The van der Waals surface area contributed by atoms with Gasteiger partial charge in [0.05, 0.1) is 6.61 Å². The molecule has 0 unspecified atom stereocenters. The van der Waals surface area contributed by atoms with E-state index in [0.29, 0.717) is 13.0 Å². The van der Waals surface area contributed by atoms with Gasteiger partial charge < -0.3 is 4.74 Å². The van der Waals surface area contributed by atoms with Gasteiger partial charge in [-0.1, -0.05) is 117 Å². The smallest absolute Gasteiger partial charge is 0.305 e. The summed E-state index contributed by atoms with van der Waals surface area (Å²) in [5.41, 5.74) is 0. The normalized spacial score (nSPS) is 11.2. The van der Waals surface area contributed by atoms with Crippen LogP contribution >= 0.6 is 0 Å². The van der Waals surface area contributed by atoms with Crippen LogP contribution in [0.15, 0.2) is 0 Å². The van der Waals surface area contributed by atoms with E-state index in [4.69, 9.17) is 4.74 Å². The molecule has 2 nitrogen and oxygen atoms in total. The van der Waals surface area contributed by atoms with Crippen LogP contribution in [0.25, 0.3) is 0 Å². The number of carbonyl (C=O) groups excluding carboxylic acids is 1. The first-order chi connectivity index (χ1) is 12.7. The van der Waals surface area contributed by atoms with Gasteiger partial charge in [0.2, 0.25) is 0 Å². The minimum Gasteiger partial charge on any atom is -0.466 e. The van der Waals surface area contributed by atoms with Gasteiger partial charge >= 0.3 is 5.97 Å². The van der Waals surface area contributed by atoms with Crippen molar-refractivity contribution in [1.82, 2.24) is 0 Å². The molecule has 0 aromatic carbocycles. The van der Waals surface area contributed by atoms with E-state index in [-0.39, 0.29) is 5.97 Å². The zero-order chi connectivity index (χ0) is 19.3. The van der Waals surface area contributed by atoms with Gasteiger partial charge in [-0.15, -0.1) is 0 Å². The van der Waals surface area contributed by atoms with E-state index in [1.54, 1.807) is 0 Å². The first-order valence-corrected chi connectivity index (χ1v) is 11.8. The highest BCUT2D eigenvalue weighted by Gasteiger charge is 2.01. The molecule has 0 N–H and O–H groups in total. The van der Waals surface area contributed by atoms with Crippen molar-refractivity contribution >= 4 is 5.97 Å². The number of hydrogen-bond donors (Lipinski definition) is 0. The van der Waals surface area contributed by atoms with E-state index < -0.39 is 0 Å². The standard InChI is InChI=1S/C24H48O2/c1-4-5-21-24(25)26-22-19-17-15-13-11-9-7-6-8-10-12-14-16-18-20-23(2)3/h23H,4-22H2,1-3H3. The lowest BCUT2D eigenvalue weighted by molar-refractivity contribution is -0.143. The Morgan fingerprint density at radius 1 is 0.654 bits per heavy atom. The maximum absolute atomic E-state index is 11.4. The summed E-state index contributed by atoms with van der Waals surface area (Å²) in [6.07, 6.45) is 23.2. The highest BCUT2D eigenvalue weighted by Crippen LogP contribution is 2.14. The van der Waals surface area contributed by atoms with Crippen LogP contribution in [0, 0.1) is 5.92 Å². The molecule has 0 fully saturated rings. The highest BCUT2D eigenvalue weighted by molar-refractivity contribution is 5.69. The largest absolute Gasteiger partial charge is 0.466 e. The summed E-state index contributed by atoms with van der Waals surface area (Å²) in [4.78, 5) is 11.4. The SMILES string of the molecule is CCCCC(=O)OCCCCCCCCCCCCCCCCC(C)C. The predicted octanol–water partition coefficient (Wildman–Crippen LogP) is 8.23. The van der Waals surface area contributed by atoms with Gasteiger partial charge in [-0.3, -0.25) is 4.79 Å². The van der Waals surface area contributed by atoms with Crippen molar-refractivity contribution in [2.24, 2.45) is 5.92 Å². The monoisotopic (exact) mass is 368 g/mol. The molecule has 0 aliphatic heterocycles. The van der Waals surface area contributed by atoms with Crippen molar-refractivity contribution in [3.8, 4) is 0 Å². The summed E-state index contributed by atoms with van der Waals surface area (Å²) >= 11 is 0. The maximum Gasteiger partial charge on any atom is 0.305 e. The number of carbonyl (C=O) groups is 1. The Kier molecular flexibility index (Phi) is 20.4. The van der Waals surface area contributed by atoms with Gasteiger partial charge in [0.25, 0.3) is 0 Å². The van der Waals surface area contributed by atoms with E-state index in [0.717, 1.165) is 25.2 Å². The van der Waals surface area contributed by atoms with Gasteiger partial charge in [-0.05, 0) is 18.8 Å². The Labute approximate surface area is 164 Å². The molecule has 0 saturated carbocycles. The van der Waals surface area contributed by atoms with Crippen molar-refractivity contribution < 1.29 is 9.53 Å². The molecular formula is C24H48O2. The minimum absolute atomic E-state index is 0.0117. The third-order valence-corrected chi connectivity index (χ3v) is 5.17. The van der Waals surface area contributed by atoms with E-state index in [1.165, 1.54) is 89.9 Å². The van der Waals surface area contributed by atoms with E-state index in [1.807, 2.05) is 0 Å². The van der Waals surface area contributed by atoms with Crippen molar-refractivity contribution in [2.75, 3.05) is 6.61 Å². The second-order valence-corrected chi connectivity index (χ2v) is 8.46. The third-order valence-electron chi connectivity index (χ3n) is 5.17. The van der Waals surface area contributed by atoms with E-state index >= 15 is 0 Å². The molecule has 0 rings (SSSR count). The zero-order valence-corrected chi connectivity index (χ0v) is 18.3. The molecule has 0 bridgehead atoms. The van der Waals surface area contributed by atoms with Crippen LogP contribution in [0.1, 0.15) is 136 Å². The molecule has 0 radical (unpaired) electrons. The van der Waals surface area contributed by atoms with Crippen molar-refractivity contribution in [3.05, 3.63) is 0 Å². The molecule has 0 heterocycles. The van der Waals surface area contributed by atoms with Crippen molar-refractivity contribution in [2.45, 2.75) is 136 Å². The molecule has 0 aromatic rings. The molecule has 2 heteroatoms. The zero-order valence-electron chi connectivity index (χ0n) is 18.3. The summed E-state index contributed by atoms with van der Waals surface area (Å²) < 4.78 is 5.23. The Bertz CT molecular complexity index is 286. The van der Waals surface area contributed by atoms with Crippen LogP contribution in [0.2, 0.25) is 0 Å².